The third-order valence-electron chi connectivity index (χ3n) is 4.04. The van der Waals surface area contributed by atoms with E-state index in [-0.39, 0.29) is 5.91 Å². The molecule has 0 unspecified atom stereocenters. The van der Waals surface area contributed by atoms with Crippen LogP contribution in [0.15, 0.2) is 48.8 Å². The summed E-state index contributed by atoms with van der Waals surface area (Å²) in [5.41, 5.74) is 2.73. The molecule has 3 rings (SSSR count). The molecular weight excluding hydrogens is 274 g/mol. The van der Waals surface area contributed by atoms with Crippen molar-refractivity contribution in [2.45, 2.75) is 0 Å². The minimum absolute atomic E-state index is 0.112. The van der Waals surface area contributed by atoms with E-state index in [9.17, 15) is 4.79 Å². The second kappa shape index (κ2) is 6.62. The lowest BCUT2D eigenvalue weighted by Crippen LogP contribution is -2.47. The van der Waals surface area contributed by atoms with Crippen LogP contribution in [0.25, 0.3) is 11.6 Å². The number of piperazine rings is 1. The van der Waals surface area contributed by atoms with E-state index in [1.54, 1.807) is 0 Å². The standard InChI is InChI=1S/C18H21N3O/c1-20-9-11-21(12-10-20)18(22)17(13-15-7-8-19-14-15)16-5-3-2-4-6-16/h2-8,13-14,19H,9-12H2,1H3. The first-order chi connectivity index (χ1) is 10.7. The number of aromatic nitrogens is 1. The van der Waals surface area contributed by atoms with Gasteiger partial charge in [0.2, 0.25) is 0 Å². The average Bonchev–Trinajstić information content (AvgIpc) is 3.07. The molecule has 2 aromatic rings. The lowest BCUT2D eigenvalue weighted by molar-refractivity contribution is -0.126. The number of carbonyl (C=O) groups is 1. The summed E-state index contributed by atoms with van der Waals surface area (Å²) in [5.74, 6) is 0.112. The summed E-state index contributed by atoms with van der Waals surface area (Å²) < 4.78 is 0. The molecule has 1 aromatic carbocycles. The molecule has 0 bridgehead atoms. The Hall–Kier alpha value is -2.33. The first kappa shape index (κ1) is 14.6. The molecule has 2 heterocycles. The molecule has 1 saturated heterocycles. The van der Waals surface area contributed by atoms with Gasteiger partial charge in [-0.15, -0.1) is 0 Å². The van der Waals surface area contributed by atoms with Crippen LogP contribution >= 0.6 is 0 Å². The summed E-state index contributed by atoms with van der Waals surface area (Å²) >= 11 is 0. The molecule has 0 atom stereocenters. The number of benzene rings is 1. The van der Waals surface area contributed by atoms with E-state index in [1.807, 2.05) is 59.8 Å². The molecule has 114 valence electrons. The Morgan fingerprint density at radius 3 is 2.45 bits per heavy atom. The van der Waals surface area contributed by atoms with Crippen LogP contribution in [0.3, 0.4) is 0 Å². The van der Waals surface area contributed by atoms with Gasteiger partial charge < -0.3 is 14.8 Å². The second-order valence-electron chi connectivity index (χ2n) is 5.66. The van der Waals surface area contributed by atoms with Crippen LogP contribution in [-0.2, 0) is 4.79 Å². The van der Waals surface area contributed by atoms with Crippen LogP contribution in [0.4, 0.5) is 0 Å². The third kappa shape index (κ3) is 3.28. The van der Waals surface area contributed by atoms with E-state index in [0.29, 0.717) is 0 Å². The molecule has 0 spiro atoms. The van der Waals surface area contributed by atoms with Gasteiger partial charge in [-0.25, -0.2) is 0 Å². The second-order valence-corrected chi connectivity index (χ2v) is 5.66. The molecule has 1 aliphatic heterocycles. The maximum Gasteiger partial charge on any atom is 0.254 e. The van der Waals surface area contributed by atoms with E-state index < -0.39 is 0 Å². The largest absolute Gasteiger partial charge is 0.367 e. The van der Waals surface area contributed by atoms with Gasteiger partial charge in [0.05, 0.1) is 0 Å². The van der Waals surface area contributed by atoms with Crippen molar-refractivity contribution in [1.29, 1.82) is 0 Å². The number of carbonyl (C=O) groups excluding carboxylic acids is 1. The van der Waals surface area contributed by atoms with Gasteiger partial charge in [0.25, 0.3) is 5.91 Å². The van der Waals surface area contributed by atoms with Gasteiger partial charge in [-0.3, -0.25) is 4.79 Å². The van der Waals surface area contributed by atoms with Gasteiger partial charge in [0, 0.05) is 44.1 Å². The molecule has 0 saturated carbocycles. The summed E-state index contributed by atoms with van der Waals surface area (Å²) in [4.78, 5) is 20.2. The summed E-state index contributed by atoms with van der Waals surface area (Å²) in [6, 6.07) is 11.9. The molecule has 22 heavy (non-hydrogen) atoms. The topological polar surface area (TPSA) is 39.3 Å². The van der Waals surface area contributed by atoms with Crippen molar-refractivity contribution in [1.82, 2.24) is 14.8 Å². The van der Waals surface area contributed by atoms with Crippen molar-refractivity contribution in [2.75, 3.05) is 33.2 Å². The van der Waals surface area contributed by atoms with Gasteiger partial charge in [0.1, 0.15) is 0 Å². The normalized spacial score (nSPS) is 16.8. The van der Waals surface area contributed by atoms with Gasteiger partial charge >= 0.3 is 0 Å². The number of hydrogen-bond acceptors (Lipinski definition) is 2. The van der Waals surface area contributed by atoms with Gasteiger partial charge in [-0.1, -0.05) is 30.3 Å². The van der Waals surface area contributed by atoms with E-state index in [2.05, 4.69) is 16.9 Å². The minimum atomic E-state index is 0.112. The number of H-pyrrole nitrogens is 1. The van der Waals surface area contributed by atoms with Crippen molar-refractivity contribution in [3.8, 4) is 0 Å². The smallest absolute Gasteiger partial charge is 0.254 e. The number of aromatic amines is 1. The summed E-state index contributed by atoms with van der Waals surface area (Å²) in [6.07, 6.45) is 5.74. The Bertz CT molecular complexity index is 638. The molecule has 1 fully saturated rings. The van der Waals surface area contributed by atoms with Crippen molar-refractivity contribution < 1.29 is 4.79 Å². The highest BCUT2D eigenvalue weighted by molar-refractivity contribution is 6.24. The Morgan fingerprint density at radius 2 is 1.82 bits per heavy atom. The van der Waals surface area contributed by atoms with Crippen molar-refractivity contribution >= 4 is 17.6 Å². The van der Waals surface area contributed by atoms with Crippen LogP contribution in [-0.4, -0.2) is 53.9 Å². The third-order valence-corrected chi connectivity index (χ3v) is 4.04. The maximum atomic E-state index is 13.0. The Balaban J connectivity index is 1.90. The summed E-state index contributed by atoms with van der Waals surface area (Å²) in [6.45, 7) is 3.43. The van der Waals surface area contributed by atoms with E-state index in [1.165, 1.54) is 0 Å². The Kier molecular flexibility index (Phi) is 4.39. The van der Waals surface area contributed by atoms with Crippen LogP contribution in [0.5, 0.6) is 0 Å². The maximum absolute atomic E-state index is 13.0. The number of amides is 1. The van der Waals surface area contributed by atoms with Crippen LogP contribution in [0, 0.1) is 0 Å². The summed E-state index contributed by atoms with van der Waals surface area (Å²) in [7, 11) is 2.09. The van der Waals surface area contributed by atoms with Gasteiger partial charge in [-0.2, -0.15) is 0 Å². The minimum Gasteiger partial charge on any atom is -0.367 e. The van der Waals surface area contributed by atoms with E-state index >= 15 is 0 Å². The highest BCUT2D eigenvalue weighted by Gasteiger charge is 2.23. The van der Waals surface area contributed by atoms with Crippen LogP contribution in [0.1, 0.15) is 11.1 Å². The molecule has 1 N–H and O–H groups in total. The quantitative estimate of drug-likeness (QED) is 0.883. The number of hydrogen-bond donors (Lipinski definition) is 1. The highest BCUT2D eigenvalue weighted by Crippen LogP contribution is 2.21. The molecule has 4 heteroatoms. The lowest BCUT2D eigenvalue weighted by atomic mass is 10.0. The first-order valence-corrected chi connectivity index (χ1v) is 7.62. The number of rotatable bonds is 3. The molecule has 0 aliphatic carbocycles. The highest BCUT2D eigenvalue weighted by atomic mass is 16.2. The van der Waals surface area contributed by atoms with Crippen molar-refractivity contribution in [2.24, 2.45) is 0 Å². The monoisotopic (exact) mass is 295 g/mol. The number of likely N-dealkylation sites (N-methyl/N-ethyl adjacent to an activating group) is 1. The van der Waals surface area contributed by atoms with Crippen molar-refractivity contribution in [3.05, 3.63) is 59.9 Å². The summed E-state index contributed by atoms with van der Waals surface area (Å²) in [5, 5.41) is 0. The molecular formula is C18H21N3O. The zero-order valence-corrected chi connectivity index (χ0v) is 12.8. The van der Waals surface area contributed by atoms with Gasteiger partial charge in [0.15, 0.2) is 0 Å². The first-order valence-electron chi connectivity index (χ1n) is 7.62. The molecule has 1 aliphatic rings. The van der Waals surface area contributed by atoms with Crippen LogP contribution in [0.2, 0.25) is 0 Å². The van der Waals surface area contributed by atoms with Crippen molar-refractivity contribution in [3.63, 3.8) is 0 Å². The number of nitrogens with zero attached hydrogens (tertiary/aromatic N) is 2. The predicted molar refractivity (Wildman–Crippen MR) is 89.2 cm³/mol. The fraction of sp³-hybridized carbons (Fsp3) is 0.278. The fourth-order valence-electron chi connectivity index (χ4n) is 2.66. The fourth-order valence-corrected chi connectivity index (χ4v) is 2.66. The molecule has 0 radical (unpaired) electrons. The Morgan fingerprint density at radius 1 is 1.09 bits per heavy atom. The molecule has 1 amide bonds. The molecule has 4 nitrogen and oxygen atoms in total. The van der Waals surface area contributed by atoms with E-state index in [0.717, 1.165) is 42.9 Å². The SMILES string of the molecule is CN1CCN(C(=O)C(=Cc2cc[nH]c2)c2ccccc2)CC1. The zero-order chi connectivity index (χ0) is 15.4. The lowest BCUT2D eigenvalue weighted by Gasteiger charge is -2.33. The zero-order valence-electron chi connectivity index (χ0n) is 12.8. The predicted octanol–water partition coefficient (Wildman–Crippen LogP) is 2.33. The Labute approximate surface area is 131 Å². The van der Waals surface area contributed by atoms with E-state index in [4.69, 9.17) is 0 Å². The number of nitrogens with one attached hydrogen (secondary N) is 1. The van der Waals surface area contributed by atoms with Gasteiger partial charge in [-0.05, 0) is 30.3 Å². The van der Waals surface area contributed by atoms with Crippen LogP contribution < -0.4 is 0 Å². The average molecular weight is 295 g/mol. The molecule has 1 aromatic heterocycles.